The number of anilines is 1. The van der Waals surface area contributed by atoms with Gasteiger partial charge in [-0.3, -0.25) is 9.69 Å². The van der Waals surface area contributed by atoms with Crippen LogP contribution in [0, 0.1) is 6.92 Å². The molecule has 1 saturated heterocycles. The summed E-state index contributed by atoms with van der Waals surface area (Å²) in [6.45, 7) is 8.08. The Morgan fingerprint density at radius 3 is 2.46 bits per heavy atom. The molecule has 1 N–H and O–H groups in total. The number of amides is 3. The van der Waals surface area contributed by atoms with E-state index in [0.717, 1.165) is 27.9 Å². The van der Waals surface area contributed by atoms with Gasteiger partial charge in [-0.2, -0.15) is 4.99 Å². The number of ether oxygens (including phenoxy) is 1. The predicted molar refractivity (Wildman–Crippen MR) is 172 cm³/mol. The molecule has 0 saturated carbocycles. The molecular formula is C33H33F3N6O3S. The smallest absolute Gasteiger partial charge is 0.406 e. The lowest BCUT2D eigenvalue weighted by Crippen LogP contribution is -2.36. The largest absolute Gasteiger partial charge is 0.573 e. The third-order valence-electron chi connectivity index (χ3n) is 7.35. The Bertz CT molecular complexity index is 1740. The number of nitrogens with one attached hydrogen (secondary N) is 1. The zero-order valence-electron chi connectivity index (χ0n) is 25.7. The number of hydrogen-bond donors (Lipinski definition) is 1. The van der Waals surface area contributed by atoms with Crippen LogP contribution in [0.5, 0.6) is 5.75 Å². The molecule has 1 fully saturated rings. The first-order chi connectivity index (χ1) is 21.9. The topological polar surface area (TPSA) is 102 Å². The van der Waals surface area contributed by atoms with Gasteiger partial charge < -0.3 is 10.1 Å². The van der Waals surface area contributed by atoms with Crippen LogP contribution in [0.3, 0.4) is 0 Å². The van der Waals surface area contributed by atoms with Gasteiger partial charge in [0.1, 0.15) is 12.1 Å². The van der Waals surface area contributed by atoms with Gasteiger partial charge in [0.25, 0.3) is 0 Å². The second-order valence-corrected chi connectivity index (χ2v) is 12.1. The second-order valence-electron chi connectivity index (χ2n) is 11.1. The number of aliphatic imine (C=N–C) groups is 1. The fourth-order valence-electron chi connectivity index (χ4n) is 5.00. The van der Waals surface area contributed by atoms with E-state index < -0.39 is 12.4 Å². The lowest BCUT2D eigenvalue weighted by molar-refractivity contribution is -0.274. The Hall–Kier alpha value is -4.65. The Morgan fingerprint density at radius 1 is 1.09 bits per heavy atom. The molecule has 2 heterocycles. The van der Waals surface area contributed by atoms with Gasteiger partial charge >= 0.3 is 12.4 Å². The van der Waals surface area contributed by atoms with Crippen molar-refractivity contribution in [3.8, 4) is 22.8 Å². The molecule has 1 aliphatic heterocycles. The van der Waals surface area contributed by atoms with Crippen LogP contribution in [-0.2, 0) is 11.2 Å². The first kappa shape index (κ1) is 32.7. The Balaban J connectivity index is 1.23. The number of carbonyl (C=O) groups excluding carboxylic acids is 2. The molecule has 0 bridgehead atoms. The van der Waals surface area contributed by atoms with Crippen LogP contribution in [0.25, 0.3) is 17.1 Å². The summed E-state index contributed by atoms with van der Waals surface area (Å²) in [5.74, 6) is 0.425. The summed E-state index contributed by atoms with van der Waals surface area (Å²) < 4.78 is 42.7. The fraction of sp³-hybridized carbons (Fsp3) is 0.303. The van der Waals surface area contributed by atoms with Crippen molar-refractivity contribution in [3.05, 3.63) is 89.7 Å². The highest BCUT2D eigenvalue weighted by molar-refractivity contribution is 8.15. The zero-order chi connectivity index (χ0) is 33.0. The summed E-state index contributed by atoms with van der Waals surface area (Å²) in [5.41, 5.74) is 5.05. The minimum Gasteiger partial charge on any atom is -0.406 e. The average molecular weight is 651 g/mol. The van der Waals surface area contributed by atoms with E-state index in [9.17, 15) is 22.8 Å². The summed E-state index contributed by atoms with van der Waals surface area (Å²) in [4.78, 5) is 36.1. The number of amidine groups is 1. The van der Waals surface area contributed by atoms with Crippen molar-refractivity contribution < 1.29 is 27.5 Å². The van der Waals surface area contributed by atoms with Gasteiger partial charge in [-0.15, -0.1) is 18.3 Å². The van der Waals surface area contributed by atoms with E-state index in [0.29, 0.717) is 29.5 Å². The highest BCUT2D eigenvalue weighted by Crippen LogP contribution is 2.34. The van der Waals surface area contributed by atoms with E-state index in [1.54, 1.807) is 4.90 Å². The number of aryl methyl sites for hydroxylation is 1. The number of aromatic nitrogens is 3. The van der Waals surface area contributed by atoms with Gasteiger partial charge in [0.2, 0.25) is 5.91 Å². The lowest BCUT2D eigenvalue weighted by atomic mass is 9.99. The number of alkyl halides is 3. The number of thioether (sulfide) groups is 1. The van der Waals surface area contributed by atoms with Gasteiger partial charge in [0.15, 0.2) is 11.0 Å². The maximum atomic E-state index is 13.0. The maximum absolute atomic E-state index is 13.0. The molecule has 13 heteroatoms. The molecule has 9 nitrogen and oxygen atoms in total. The van der Waals surface area contributed by atoms with E-state index in [1.807, 2.05) is 56.3 Å². The van der Waals surface area contributed by atoms with Gasteiger partial charge in [-0.1, -0.05) is 68.9 Å². The summed E-state index contributed by atoms with van der Waals surface area (Å²) in [6, 6.07) is 18.2. The molecule has 1 aliphatic rings. The summed E-state index contributed by atoms with van der Waals surface area (Å²) in [7, 11) is 0. The first-order valence-corrected chi connectivity index (χ1v) is 15.7. The monoisotopic (exact) mass is 650 g/mol. The third-order valence-corrected chi connectivity index (χ3v) is 8.28. The van der Waals surface area contributed by atoms with Crippen LogP contribution in [-0.4, -0.2) is 50.0 Å². The highest BCUT2D eigenvalue weighted by Gasteiger charge is 2.33. The van der Waals surface area contributed by atoms with Crippen LogP contribution < -0.4 is 15.0 Å². The molecule has 46 heavy (non-hydrogen) atoms. The van der Waals surface area contributed by atoms with Gasteiger partial charge in [-0.25, -0.2) is 14.5 Å². The molecule has 0 aliphatic carbocycles. The van der Waals surface area contributed by atoms with Crippen molar-refractivity contribution >= 4 is 34.6 Å². The quantitative estimate of drug-likeness (QED) is 0.202. The summed E-state index contributed by atoms with van der Waals surface area (Å²) in [6.07, 6.45) is -2.05. The highest BCUT2D eigenvalue weighted by atomic mass is 32.2. The molecule has 3 aromatic carbocycles. The SMILES string of the molecule is CCC(Cc1ccc(-c2ncn(-c3ccc(OC(F)(F)F)cc3)n2)cc1)NC(=O)/N=C1\SCC(=O)N1c1cc(C)ccc1C(C)C. The number of rotatable bonds is 9. The lowest BCUT2D eigenvalue weighted by Gasteiger charge is -2.22. The van der Waals surface area contributed by atoms with Gasteiger partial charge in [0, 0.05) is 11.6 Å². The van der Waals surface area contributed by atoms with Crippen molar-refractivity contribution in [1.82, 2.24) is 20.1 Å². The Labute approximate surface area is 268 Å². The number of urea groups is 1. The molecule has 1 atom stereocenters. The third kappa shape index (κ3) is 7.94. The molecule has 240 valence electrons. The molecule has 5 rings (SSSR count). The van der Waals surface area contributed by atoms with Crippen LogP contribution in [0.4, 0.5) is 23.7 Å². The standard InChI is InChI=1S/C33H33F3N6O3S/c1-5-24(38-31(44)39-32-42(29(43)18-46-32)28-16-21(4)6-15-27(28)20(2)3)17-22-7-9-23(10-8-22)30-37-19-41(40-30)25-11-13-26(14-12-25)45-33(34,35)36/h6-16,19-20,24H,5,17-18H2,1-4H3,(H,38,44)/b39-32-. The van der Waals surface area contributed by atoms with Crippen molar-refractivity contribution in [2.24, 2.45) is 4.99 Å². The number of benzene rings is 3. The number of carbonyl (C=O) groups is 2. The molecule has 1 unspecified atom stereocenters. The maximum Gasteiger partial charge on any atom is 0.573 e. The average Bonchev–Trinajstić information content (AvgIpc) is 3.63. The first-order valence-electron chi connectivity index (χ1n) is 14.7. The van der Waals surface area contributed by atoms with Crippen LogP contribution in [0.1, 0.15) is 49.8 Å². The fourth-order valence-corrected chi connectivity index (χ4v) is 5.86. The molecule has 0 spiro atoms. The van der Waals surface area contributed by atoms with E-state index in [1.165, 1.54) is 47.0 Å². The molecule has 1 aromatic heterocycles. The van der Waals surface area contributed by atoms with Crippen molar-refractivity contribution in [3.63, 3.8) is 0 Å². The van der Waals surface area contributed by atoms with Crippen LogP contribution in [0.2, 0.25) is 0 Å². The zero-order valence-corrected chi connectivity index (χ0v) is 26.5. The normalized spacial score (nSPS) is 15.1. The van der Waals surface area contributed by atoms with Crippen molar-refractivity contribution in [1.29, 1.82) is 0 Å². The molecule has 0 radical (unpaired) electrons. The van der Waals surface area contributed by atoms with Crippen LogP contribution >= 0.6 is 11.8 Å². The second kappa shape index (κ2) is 13.8. The summed E-state index contributed by atoms with van der Waals surface area (Å²) >= 11 is 1.25. The molecular weight excluding hydrogens is 617 g/mol. The summed E-state index contributed by atoms with van der Waals surface area (Å²) in [5, 5.41) is 7.80. The van der Waals surface area contributed by atoms with E-state index in [2.05, 4.69) is 39.0 Å². The van der Waals surface area contributed by atoms with E-state index in [4.69, 9.17) is 0 Å². The minimum absolute atomic E-state index is 0.107. The van der Waals surface area contributed by atoms with E-state index in [-0.39, 0.29) is 29.4 Å². The van der Waals surface area contributed by atoms with Crippen LogP contribution in [0.15, 0.2) is 78.0 Å². The molecule has 3 amide bonds. The van der Waals surface area contributed by atoms with Crippen molar-refractivity contribution in [2.45, 2.75) is 58.9 Å². The predicted octanol–water partition coefficient (Wildman–Crippen LogP) is 7.43. The minimum atomic E-state index is -4.76. The number of hydrogen-bond acceptors (Lipinski definition) is 6. The van der Waals surface area contributed by atoms with Gasteiger partial charge in [0.05, 0.1) is 17.1 Å². The van der Waals surface area contributed by atoms with Gasteiger partial charge in [-0.05, 0) is 72.7 Å². The molecule has 4 aromatic rings. The number of halogens is 3. The van der Waals surface area contributed by atoms with E-state index >= 15 is 0 Å². The van der Waals surface area contributed by atoms with Crippen molar-refractivity contribution in [2.75, 3.05) is 10.7 Å². The number of nitrogens with zero attached hydrogens (tertiary/aromatic N) is 5. The Kier molecular flexibility index (Phi) is 9.80. The Morgan fingerprint density at radius 2 is 1.80 bits per heavy atom.